The van der Waals surface area contributed by atoms with Crippen LogP contribution in [0.3, 0.4) is 0 Å². The van der Waals surface area contributed by atoms with Gasteiger partial charge >= 0.3 is 0 Å². The van der Waals surface area contributed by atoms with E-state index in [2.05, 4.69) is 53.7 Å². The molecule has 0 saturated heterocycles. The molecule has 0 aliphatic carbocycles. The zero-order valence-electron chi connectivity index (χ0n) is 18.6. The van der Waals surface area contributed by atoms with Crippen LogP contribution in [-0.2, 0) is 31.4 Å². The quantitative estimate of drug-likeness (QED) is 0.371. The number of nitrogens with zero attached hydrogens (tertiary/aromatic N) is 5. The minimum absolute atomic E-state index is 0. The molecule has 2 aromatic rings. The fraction of sp³-hybridized carbons (Fsp3) is 0.500. The summed E-state index contributed by atoms with van der Waals surface area (Å²) in [7, 11) is 5.67. The van der Waals surface area contributed by atoms with Crippen LogP contribution in [0.5, 0.6) is 0 Å². The molecule has 0 fully saturated rings. The zero-order chi connectivity index (χ0) is 21.0. The van der Waals surface area contributed by atoms with Crippen LogP contribution in [0, 0.1) is 0 Å². The van der Waals surface area contributed by atoms with Crippen molar-refractivity contribution in [1.29, 1.82) is 0 Å². The van der Waals surface area contributed by atoms with Crippen molar-refractivity contribution in [3.63, 3.8) is 0 Å². The average Bonchev–Trinajstić information content (AvgIpc) is 3.08. The molecule has 0 saturated carbocycles. The molecule has 0 radical (unpaired) electrons. The van der Waals surface area contributed by atoms with Crippen LogP contribution in [0.15, 0.2) is 35.5 Å². The molecule has 7 nitrogen and oxygen atoms in total. The lowest BCUT2D eigenvalue weighted by Gasteiger charge is -2.29. The second kappa shape index (κ2) is 10.8. The van der Waals surface area contributed by atoms with E-state index in [1.54, 1.807) is 7.05 Å². The molecule has 1 N–H and O–H groups in total. The fourth-order valence-corrected chi connectivity index (χ4v) is 3.85. The highest BCUT2D eigenvalue weighted by Crippen LogP contribution is 2.19. The summed E-state index contributed by atoms with van der Waals surface area (Å²) >= 11 is 0. The lowest BCUT2D eigenvalue weighted by molar-refractivity contribution is -0.130. The number of aryl methyl sites for hydroxylation is 1. The molecule has 0 bridgehead atoms. The molecule has 1 aliphatic rings. The van der Waals surface area contributed by atoms with E-state index >= 15 is 0 Å². The van der Waals surface area contributed by atoms with Gasteiger partial charge in [0.2, 0.25) is 5.91 Å². The molecule has 164 valence electrons. The summed E-state index contributed by atoms with van der Waals surface area (Å²) in [5, 5.41) is 7.79. The Bertz CT molecular complexity index is 892. The minimum Gasteiger partial charge on any atom is -0.347 e. The fourth-order valence-electron chi connectivity index (χ4n) is 3.85. The number of amides is 1. The molecule has 1 aromatic carbocycles. The number of fused-ring (bicyclic) bond motifs is 1. The van der Waals surface area contributed by atoms with Crippen molar-refractivity contribution >= 4 is 35.8 Å². The van der Waals surface area contributed by atoms with Crippen LogP contribution in [-0.4, -0.2) is 58.6 Å². The first kappa shape index (κ1) is 24.2. The molecule has 1 amide bonds. The maximum absolute atomic E-state index is 12.7. The van der Waals surface area contributed by atoms with Gasteiger partial charge in [0.25, 0.3) is 0 Å². The van der Waals surface area contributed by atoms with Crippen LogP contribution in [0.2, 0.25) is 0 Å². The molecular formula is C22H33IN6O. The third-order valence-electron chi connectivity index (χ3n) is 5.35. The largest absolute Gasteiger partial charge is 0.347 e. The molecular weight excluding hydrogens is 491 g/mol. The number of nitrogens with one attached hydrogen (secondary N) is 1. The van der Waals surface area contributed by atoms with Gasteiger partial charge in [0.15, 0.2) is 5.96 Å². The third-order valence-corrected chi connectivity index (χ3v) is 5.35. The monoisotopic (exact) mass is 524 g/mol. The van der Waals surface area contributed by atoms with Gasteiger partial charge in [0, 0.05) is 52.5 Å². The van der Waals surface area contributed by atoms with E-state index in [0.717, 1.165) is 18.7 Å². The minimum atomic E-state index is 0. The summed E-state index contributed by atoms with van der Waals surface area (Å²) in [6.07, 6.45) is 2.96. The number of carbonyl (C=O) groups is 1. The van der Waals surface area contributed by atoms with Crippen molar-refractivity contribution in [2.45, 2.75) is 39.3 Å². The smallest absolute Gasteiger partial charge is 0.242 e. The molecule has 8 heteroatoms. The second-order valence-electron chi connectivity index (χ2n) is 7.96. The maximum Gasteiger partial charge on any atom is 0.242 e. The first-order valence-electron chi connectivity index (χ1n) is 10.2. The number of aliphatic imine (C=N–C) groups is 1. The van der Waals surface area contributed by atoms with E-state index in [1.165, 1.54) is 16.7 Å². The molecule has 1 aliphatic heterocycles. The van der Waals surface area contributed by atoms with Gasteiger partial charge in [-0.2, -0.15) is 5.10 Å². The van der Waals surface area contributed by atoms with Crippen molar-refractivity contribution in [1.82, 2.24) is 24.9 Å². The summed E-state index contributed by atoms with van der Waals surface area (Å²) in [4.78, 5) is 21.0. The Morgan fingerprint density at radius 3 is 2.67 bits per heavy atom. The van der Waals surface area contributed by atoms with E-state index in [-0.39, 0.29) is 36.4 Å². The molecule has 0 spiro atoms. The summed E-state index contributed by atoms with van der Waals surface area (Å²) in [5.74, 6) is 1.16. The van der Waals surface area contributed by atoms with Crippen LogP contribution >= 0.6 is 24.0 Å². The van der Waals surface area contributed by atoms with Crippen molar-refractivity contribution in [3.05, 3.63) is 52.8 Å². The Morgan fingerprint density at radius 2 is 2.00 bits per heavy atom. The Kier molecular flexibility index (Phi) is 8.69. The van der Waals surface area contributed by atoms with E-state index in [9.17, 15) is 4.79 Å². The van der Waals surface area contributed by atoms with Crippen LogP contribution in [0.1, 0.15) is 42.1 Å². The van der Waals surface area contributed by atoms with E-state index in [1.807, 2.05) is 34.6 Å². The molecule has 3 rings (SSSR count). The standard InChI is InChI=1S/C22H32N6O.HI/c1-16(2)21-19(14-27(5)25-21)13-26(4)22(23-3)24-12-20(29)28-11-10-17-8-6-7-9-18(17)15-28;/h6-9,14,16H,10-13,15H2,1-5H3,(H,23,24);1H. The molecule has 30 heavy (non-hydrogen) atoms. The van der Waals surface area contributed by atoms with Gasteiger partial charge in [0.05, 0.1) is 12.2 Å². The number of hydrogen-bond donors (Lipinski definition) is 1. The van der Waals surface area contributed by atoms with E-state index in [0.29, 0.717) is 25.0 Å². The molecule has 0 atom stereocenters. The first-order valence-corrected chi connectivity index (χ1v) is 10.2. The SMILES string of the molecule is CN=C(NCC(=O)N1CCc2ccccc2C1)N(C)Cc1cn(C)nc1C(C)C.I. The molecule has 0 unspecified atom stereocenters. The summed E-state index contributed by atoms with van der Waals surface area (Å²) in [5.41, 5.74) is 4.86. The second-order valence-corrected chi connectivity index (χ2v) is 7.96. The highest BCUT2D eigenvalue weighted by atomic mass is 127. The summed E-state index contributed by atoms with van der Waals surface area (Å²) in [6.45, 7) is 6.66. The van der Waals surface area contributed by atoms with Crippen molar-refractivity contribution < 1.29 is 4.79 Å². The Hall–Kier alpha value is -2.10. The predicted octanol–water partition coefficient (Wildman–Crippen LogP) is 2.75. The number of rotatable bonds is 5. The molecule has 2 heterocycles. The van der Waals surface area contributed by atoms with Gasteiger partial charge < -0.3 is 15.1 Å². The maximum atomic E-state index is 12.7. The number of aromatic nitrogens is 2. The number of guanidine groups is 1. The third kappa shape index (κ3) is 5.74. The van der Waals surface area contributed by atoms with Gasteiger partial charge in [-0.05, 0) is 23.5 Å². The predicted molar refractivity (Wildman–Crippen MR) is 131 cm³/mol. The lowest BCUT2D eigenvalue weighted by Crippen LogP contribution is -2.46. The van der Waals surface area contributed by atoms with Gasteiger partial charge in [-0.1, -0.05) is 38.1 Å². The van der Waals surface area contributed by atoms with Crippen LogP contribution in [0.25, 0.3) is 0 Å². The van der Waals surface area contributed by atoms with E-state index < -0.39 is 0 Å². The topological polar surface area (TPSA) is 65.8 Å². The first-order chi connectivity index (χ1) is 13.9. The lowest BCUT2D eigenvalue weighted by atomic mass is 10.00. The van der Waals surface area contributed by atoms with Gasteiger partial charge in [0.1, 0.15) is 0 Å². The number of halogens is 1. The number of benzene rings is 1. The highest BCUT2D eigenvalue weighted by Gasteiger charge is 2.21. The van der Waals surface area contributed by atoms with Gasteiger partial charge in [-0.25, -0.2) is 0 Å². The normalized spacial score (nSPS) is 13.7. The highest BCUT2D eigenvalue weighted by molar-refractivity contribution is 14.0. The van der Waals surface area contributed by atoms with Crippen molar-refractivity contribution in [2.75, 3.05) is 27.2 Å². The van der Waals surface area contributed by atoms with Crippen molar-refractivity contribution in [2.24, 2.45) is 12.0 Å². The molecule has 1 aromatic heterocycles. The van der Waals surface area contributed by atoms with E-state index in [4.69, 9.17) is 0 Å². The van der Waals surface area contributed by atoms with Crippen LogP contribution in [0.4, 0.5) is 0 Å². The number of hydrogen-bond acceptors (Lipinski definition) is 3. The summed E-state index contributed by atoms with van der Waals surface area (Å²) in [6, 6.07) is 8.35. The zero-order valence-corrected chi connectivity index (χ0v) is 20.9. The average molecular weight is 524 g/mol. The number of carbonyl (C=O) groups excluding carboxylic acids is 1. The van der Waals surface area contributed by atoms with Crippen LogP contribution < -0.4 is 5.32 Å². The Balaban J connectivity index is 0.00000320. The van der Waals surface area contributed by atoms with Crippen molar-refractivity contribution in [3.8, 4) is 0 Å². The summed E-state index contributed by atoms with van der Waals surface area (Å²) < 4.78 is 1.85. The Labute approximate surface area is 196 Å². The van der Waals surface area contributed by atoms with Gasteiger partial charge in [-0.15, -0.1) is 24.0 Å². The Morgan fingerprint density at radius 1 is 1.30 bits per heavy atom. The van der Waals surface area contributed by atoms with Gasteiger partial charge in [-0.3, -0.25) is 14.5 Å².